The zero-order valence-electron chi connectivity index (χ0n) is 7.38. The molecule has 0 aliphatic heterocycles. The van der Waals surface area contributed by atoms with Crippen molar-refractivity contribution in [2.24, 2.45) is 0 Å². The minimum Gasteiger partial charge on any atom is -0.431 e. The van der Waals surface area contributed by atoms with Crippen molar-refractivity contribution in [1.29, 1.82) is 0 Å². The van der Waals surface area contributed by atoms with Gasteiger partial charge < -0.3 is 9.47 Å². The maximum absolute atomic E-state index is 10.8. The van der Waals surface area contributed by atoms with Crippen LogP contribution in [0.3, 0.4) is 0 Å². The Bertz CT molecular complexity index is 159. The van der Waals surface area contributed by atoms with Crippen molar-refractivity contribution in [2.75, 3.05) is 7.11 Å². The van der Waals surface area contributed by atoms with Gasteiger partial charge in [0.2, 0.25) is 5.79 Å². The SMILES string of the molecule is C/C=C/C(=O)OC(C)(C)OC. The summed E-state index contributed by atoms with van der Waals surface area (Å²) < 4.78 is 9.76. The fourth-order valence-corrected chi connectivity index (χ4v) is 0.454. The minimum atomic E-state index is -0.837. The minimum absolute atomic E-state index is 0.389. The molecule has 11 heavy (non-hydrogen) atoms. The summed E-state index contributed by atoms with van der Waals surface area (Å²) in [6.45, 7) is 5.10. The van der Waals surface area contributed by atoms with Crippen LogP contribution < -0.4 is 0 Å². The standard InChI is InChI=1S/C8H14O3/c1-5-6-7(9)11-8(2,3)10-4/h5-6H,1-4H3/b6-5+. The van der Waals surface area contributed by atoms with Crippen LogP contribution in [0.25, 0.3) is 0 Å². The van der Waals surface area contributed by atoms with E-state index in [-0.39, 0.29) is 5.97 Å². The van der Waals surface area contributed by atoms with E-state index in [1.165, 1.54) is 13.2 Å². The quantitative estimate of drug-likeness (QED) is 0.354. The van der Waals surface area contributed by atoms with Crippen LogP contribution in [0.5, 0.6) is 0 Å². The summed E-state index contributed by atoms with van der Waals surface area (Å²) in [5, 5.41) is 0. The monoisotopic (exact) mass is 158 g/mol. The fraction of sp³-hybridized carbons (Fsp3) is 0.625. The number of esters is 1. The molecule has 0 fully saturated rings. The molecule has 0 aromatic heterocycles. The van der Waals surface area contributed by atoms with Gasteiger partial charge in [-0.2, -0.15) is 0 Å². The third-order valence-electron chi connectivity index (χ3n) is 1.14. The van der Waals surface area contributed by atoms with Gasteiger partial charge in [0.15, 0.2) is 0 Å². The highest BCUT2D eigenvalue weighted by Crippen LogP contribution is 2.09. The summed E-state index contributed by atoms with van der Waals surface area (Å²) in [6.07, 6.45) is 2.97. The van der Waals surface area contributed by atoms with Crippen LogP contribution in [0.2, 0.25) is 0 Å². The van der Waals surface area contributed by atoms with Crippen LogP contribution in [0.15, 0.2) is 12.2 Å². The van der Waals surface area contributed by atoms with Gasteiger partial charge in [-0.15, -0.1) is 0 Å². The molecule has 0 aromatic carbocycles. The number of ether oxygens (including phenoxy) is 2. The van der Waals surface area contributed by atoms with Gasteiger partial charge in [0.25, 0.3) is 0 Å². The Morgan fingerprint density at radius 2 is 2.00 bits per heavy atom. The summed E-state index contributed by atoms with van der Waals surface area (Å²) >= 11 is 0. The second kappa shape index (κ2) is 4.13. The predicted molar refractivity (Wildman–Crippen MR) is 42.0 cm³/mol. The molecule has 0 aliphatic rings. The average Bonchev–Trinajstić information content (AvgIpc) is 1.87. The van der Waals surface area contributed by atoms with Crippen molar-refractivity contribution in [3.05, 3.63) is 12.2 Å². The Balaban J connectivity index is 3.93. The number of allylic oxidation sites excluding steroid dienone is 1. The molecule has 0 bridgehead atoms. The molecular weight excluding hydrogens is 144 g/mol. The number of rotatable bonds is 3. The average molecular weight is 158 g/mol. The van der Waals surface area contributed by atoms with Gasteiger partial charge >= 0.3 is 5.97 Å². The fourth-order valence-electron chi connectivity index (χ4n) is 0.454. The summed E-state index contributed by atoms with van der Waals surface area (Å²) in [7, 11) is 1.49. The third kappa shape index (κ3) is 4.56. The molecule has 0 amide bonds. The first-order valence-corrected chi connectivity index (χ1v) is 3.42. The lowest BCUT2D eigenvalue weighted by atomic mass is 10.4. The Kier molecular flexibility index (Phi) is 3.82. The second-order valence-electron chi connectivity index (χ2n) is 2.53. The maximum atomic E-state index is 10.8. The lowest BCUT2D eigenvalue weighted by molar-refractivity contribution is -0.200. The van der Waals surface area contributed by atoms with Crippen LogP contribution in [-0.4, -0.2) is 18.9 Å². The molecular formula is C8H14O3. The first kappa shape index (κ1) is 10.2. The third-order valence-corrected chi connectivity index (χ3v) is 1.14. The molecule has 0 saturated heterocycles. The van der Waals surface area contributed by atoms with Crippen molar-refractivity contribution in [2.45, 2.75) is 26.6 Å². The normalized spacial score (nSPS) is 12.0. The van der Waals surface area contributed by atoms with E-state index in [4.69, 9.17) is 9.47 Å². The number of carbonyl (C=O) groups is 1. The zero-order chi connectivity index (χ0) is 8.91. The van der Waals surface area contributed by atoms with E-state index >= 15 is 0 Å². The largest absolute Gasteiger partial charge is 0.431 e. The Morgan fingerprint density at radius 1 is 1.45 bits per heavy atom. The highest BCUT2D eigenvalue weighted by molar-refractivity contribution is 5.82. The summed E-state index contributed by atoms with van der Waals surface area (Å²) in [5.74, 6) is -1.23. The van der Waals surface area contributed by atoms with Crippen LogP contribution in [0.1, 0.15) is 20.8 Å². The summed E-state index contributed by atoms with van der Waals surface area (Å²) in [4.78, 5) is 10.8. The molecule has 64 valence electrons. The molecule has 0 rings (SSSR count). The summed E-state index contributed by atoms with van der Waals surface area (Å²) in [5.41, 5.74) is 0. The van der Waals surface area contributed by atoms with Crippen LogP contribution in [0.4, 0.5) is 0 Å². The molecule has 0 unspecified atom stereocenters. The second-order valence-corrected chi connectivity index (χ2v) is 2.53. The first-order chi connectivity index (χ1) is 5.02. The highest BCUT2D eigenvalue weighted by Gasteiger charge is 2.19. The van der Waals surface area contributed by atoms with Gasteiger partial charge in [-0.1, -0.05) is 6.08 Å². The predicted octanol–water partition coefficient (Wildman–Crippen LogP) is 1.49. The summed E-state index contributed by atoms with van der Waals surface area (Å²) in [6, 6.07) is 0. The smallest absolute Gasteiger partial charge is 0.332 e. The molecule has 3 heteroatoms. The van der Waals surface area contributed by atoms with Gasteiger partial charge in [0, 0.05) is 27.0 Å². The van der Waals surface area contributed by atoms with E-state index in [1.807, 2.05) is 0 Å². The first-order valence-electron chi connectivity index (χ1n) is 3.42. The molecule has 0 aliphatic carbocycles. The number of carbonyl (C=O) groups excluding carboxylic acids is 1. The Hall–Kier alpha value is -0.830. The molecule has 0 aromatic rings. The van der Waals surface area contributed by atoms with Crippen molar-refractivity contribution < 1.29 is 14.3 Å². The van der Waals surface area contributed by atoms with E-state index < -0.39 is 5.79 Å². The van der Waals surface area contributed by atoms with Gasteiger partial charge in [0.1, 0.15) is 0 Å². The lowest BCUT2D eigenvalue weighted by Gasteiger charge is -2.21. The van der Waals surface area contributed by atoms with E-state index in [1.54, 1.807) is 26.8 Å². The topological polar surface area (TPSA) is 35.5 Å². The molecule has 0 spiro atoms. The van der Waals surface area contributed by atoms with Gasteiger partial charge in [-0.3, -0.25) is 0 Å². The van der Waals surface area contributed by atoms with Crippen molar-refractivity contribution in [1.82, 2.24) is 0 Å². The molecule has 0 radical (unpaired) electrons. The van der Waals surface area contributed by atoms with Gasteiger partial charge in [-0.05, 0) is 6.92 Å². The van der Waals surface area contributed by atoms with E-state index in [9.17, 15) is 4.79 Å². The maximum Gasteiger partial charge on any atom is 0.332 e. The van der Waals surface area contributed by atoms with E-state index in [0.717, 1.165) is 0 Å². The van der Waals surface area contributed by atoms with Crippen LogP contribution >= 0.6 is 0 Å². The van der Waals surface area contributed by atoms with Crippen LogP contribution in [-0.2, 0) is 14.3 Å². The number of hydrogen-bond acceptors (Lipinski definition) is 3. The zero-order valence-corrected chi connectivity index (χ0v) is 7.38. The Morgan fingerprint density at radius 3 is 2.36 bits per heavy atom. The number of methoxy groups -OCH3 is 1. The molecule has 0 atom stereocenters. The molecule has 0 N–H and O–H groups in total. The Labute approximate surface area is 67.0 Å². The van der Waals surface area contributed by atoms with Crippen molar-refractivity contribution >= 4 is 5.97 Å². The van der Waals surface area contributed by atoms with Gasteiger partial charge in [0.05, 0.1) is 0 Å². The van der Waals surface area contributed by atoms with Crippen LogP contribution in [0, 0.1) is 0 Å². The van der Waals surface area contributed by atoms with E-state index in [0.29, 0.717) is 0 Å². The lowest BCUT2D eigenvalue weighted by Crippen LogP contribution is -2.29. The molecule has 3 nitrogen and oxygen atoms in total. The van der Waals surface area contributed by atoms with Crippen molar-refractivity contribution in [3.63, 3.8) is 0 Å². The van der Waals surface area contributed by atoms with E-state index in [2.05, 4.69) is 0 Å². The molecule has 0 heterocycles. The highest BCUT2D eigenvalue weighted by atomic mass is 16.7. The van der Waals surface area contributed by atoms with Crippen molar-refractivity contribution in [3.8, 4) is 0 Å². The number of hydrogen-bond donors (Lipinski definition) is 0. The van der Waals surface area contributed by atoms with Gasteiger partial charge in [-0.25, -0.2) is 4.79 Å². The molecule has 0 saturated carbocycles.